The predicted octanol–water partition coefficient (Wildman–Crippen LogP) is 14.4. The van der Waals surface area contributed by atoms with Gasteiger partial charge in [0.1, 0.15) is 0 Å². The number of allylic oxidation sites excluding steroid dienone is 4. The van der Waals surface area contributed by atoms with Crippen LogP contribution >= 0.6 is 0 Å². The van der Waals surface area contributed by atoms with Crippen molar-refractivity contribution in [3.63, 3.8) is 0 Å². The minimum Gasteiger partial charge on any atom is -0.289 e. The summed E-state index contributed by atoms with van der Waals surface area (Å²) in [5.41, 5.74) is 16.1. The van der Waals surface area contributed by atoms with Crippen molar-refractivity contribution in [2.75, 3.05) is 0 Å². The van der Waals surface area contributed by atoms with Crippen LogP contribution in [0.3, 0.4) is 0 Å². The normalized spacial score (nSPS) is 11.7. The minimum atomic E-state index is 0.0605. The van der Waals surface area contributed by atoms with Crippen molar-refractivity contribution < 1.29 is 9.59 Å². The standard InChI is InChI=1S/C44H40O2.3C2H6/c1-27-11-7-9-13-39(27)43(45)41-25-35(17-15-29(41)3)37-21-19-33(23-31(37)5)34-20-22-38(32(6)24-34)36-18-16-30(4)42(26-36)44(46)40-14-10-8-12-28(40)2;3*1-2/h7,9,11-26H,8,10H2,1-6H3;3*1-2H3. The first-order valence-electron chi connectivity index (χ1n) is 19.1. The Morgan fingerprint density at radius 2 is 0.827 bits per heavy atom. The Kier molecular flexibility index (Phi) is 15.5. The van der Waals surface area contributed by atoms with Gasteiger partial charge < -0.3 is 0 Å². The molecule has 270 valence electrons. The number of ketones is 2. The number of carbonyl (C=O) groups is 2. The molecule has 1 aliphatic rings. The van der Waals surface area contributed by atoms with Gasteiger partial charge in [-0.25, -0.2) is 0 Å². The van der Waals surface area contributed by atoms with Gasteiger partial charge in [-0.3, -0.25) is 9.59 Å². The molecule has 0 amide bonds. The van der Waals surface area contributed by atoms with E-state index in [0.717, 1.165) is 102 Å². The van der Waals surface area contributed by atoms with Crippen molar-refractivity contribution in [2.24, 2.45) is 0 Å². The van der Waals surface area contributed by atoms with Crippen molar-refractivity contribution in [2.45, 2.75) is 95.9 Å². The fraction of sp³-hybridized carbons (Fsp3) is 0.280. The molecule has 0 radical (unpaired) electrons. The highest BCUT2D eigenvalue weighted by Crippen LogP contribution is 2.34. The highest BCUT2D eigenvalue weighted by Gasteiger charge is 2.19. The van der Waals surface area contributed by atoms with Crippen LogP contribution in [0.4, 0.5) is 0 Å². The molecule has 52 heavy (non-hydrogen) atoms. The Hall–Kier alpha value is -5.08. The maximum atomic E-state index is 13.5. The molecule has 0 atom stereocenters. The number of Topliss-reactive ketones (excluding diaryl/α,β-unsaturated/α-hetero) is 1. The molecule has 6 rings (SSSR count). The SMILES string of the molecule is CC.CC.CC.CC1=CCCC=C1C(=O)c1cc(-c2ccc(-c3ccc(-c4ccc(C)c(C(=O)c5ccccc5C)c4)c(C)c3)cc2C)ccc1C. The zero-order valence-electron chi connectivity index (χ0n) is 33.6. The van der Waals surface area contributed by atoms with Gasteiger partial charge in [0.2, 0.25) is 0 Å². The van der Waals surface area contributed by atoms with Crippen LogP contribution in [0, 0.1) is 34.6 Å². The molecule has 0 N–H and O–H groups in total. The second-order valence-electron chi connectivity index (χ2n) is 12.7. The fourth-order valence-electron chi connectivity index (χ4n) is 6.59. The number of hydrogen-bond acceptors (Lipinski definition) is 2. The third kappa shape index (κ3) is 9.22. The van der Waals surface area contributed by atoms with Crippen LogP contribution < -0.4 is 0 Å². The molecule has 0 unspecified atom stereocenters. The molecule has 2 heteroatoms. The first-order valence-corrected chi connectivity index (χ1v) is 19.1. The number of hydrogen-bond donors (Lipinski definition) is 0. The molecule has 5 aromatic carbocycles. The van der Waals surface area contributed by atoms with E-state index in [1.54, 1.807) is 0 Å². The topological polar surface area (TPSA) is 34.1 Å². The van der Waals surface area contributed by atoms with Gasteiger partial charge in [-0.1, -0.05) is 139 Å². The molecule has 0 aliphatic heterocycles. The average molecular weight is 691 g/mol. The Labute approximate surface area is 314 Å². The van der Waals surface area contributed by atoms with E-state index in [9.17, 15) is 9.59 Å². The smallest absolute Gasteiger partial charge is 0.193 e. The van der Waals surface area contributed by atoms with E-state index in [1.165, 1.54) is 0 Å². The molecular formula is C50H58O2. The van der Waals surface area contributed by atoms with E-state index in [4.69, 9.17) is 0 Å². The van der Waals surface area contributed by atoms with Crippen LogP contribution in [-0.2, 0) is 0 Å². The molecule has 0 saturated heterocycles. The molecule has 0 aromatic heterocycles. The van der Waals surface area contributed by atoms with E-state index in [2.05, 4.69) is 86.7 Å². The largest absolute Gasteiger partial charge is 0.289 e. The lowest BCUT2D eigenvalue weighted by atomic mass is 9.88. The Bertz CT molecular complexity index is 2090. The number of carbonyl (C=O) groups excluding carboxylic acids is 2. The summed E-state index contributed by atoms with van der Waals surface area (Å²) in [6.07, 6.45) is 6.16. The third-order valence-electron chi connectivity index (χ3n) is 9.40. The second kappa shape index (κ2) is 19.5. The summed E-state index contributed by atoms with van der Waals surface area (Å²) in [6.45, 7) is 24.3. The lowest BCUT2D eigenvalue weighted by Crippen LogP contribution is -2.09. The van der Waals surface area contributed by atoms with Crippen LogP contribution in [0.5, 0.6) is 0 Å². The molecule has 5 aromatic rings. The lowest BCUT2D eigenvalue weighted by molar-refractivity contribution is 0.102. The maximum absolute atomic E-state index is 13.5. The van der Waals surface area contributed by atoms with Crippen LogP contribution in [-0.4, -0.2) is 11.6 Å². The molecule has 0 spiro atoms. The quantitative estimate of drug-likeness (QED) is 0.159. The van der Waals surface area contributed by atoms with E-state index in [-0.39, 0.29) is 11.6 Å². The van der Waals surface area contributed by atoms with Crippen molar-refractivity contribution in [3.8, 4) is 33.4 Å². The predicted molar refractivity (Wildman–Crippen MR) is 226 cm³/mol. The summed E-state index contributed by atoms with van der Waals surface area (Å²) in [4.78, 5) is 27.0. The van der Waals surface area contributed by atoms with Crippen LogP contribution in [0.25, 0.3) is 33.4 Å². The number of rotatable bonds is 7. The van der Waals surface area contributed by atoms with Gasteiger partial charge in [-0.15, -0.1) is 0 Å². The summed E-state index contributed by atoms with van der Waals surface area (Å²) in [6, 6.07) is 33.3. The summed E-state index contributed by atoms with van der Waals surface area (Å²) in [5.74, 6) is 0.170. The third-order valence-corrected chi connectivity index (χ3v) is 9.40. The summed E-state index contributed by atoms with van der Waals surface area (Å²) < 4.78 is 0. The first kappa shape index (κ1) is 41.3. The summed E-state index contributed by atoms with van der Waals surface area (Å²) in [5, 5.41) is 0. The van der Waals surface area contributed by atoms with Gasteiger partial charge in [0.25, 0.3) is 0 Å². The van der Waals surface area contributed by atoms with Gasteiger partial charge in [0.05, 0.1) is 0 Å². The van der Waals surface area contributed by atoms with Gasteiger partial charge in [0.15, 0.2) is 11.6 Å². The zero-order chi connectivity index (χ0) is 38.5. The van der Waals surface area contributed by atoms with E-state index in [0.29, 0.717) is 0 Å². The van der Waals surface area contributed by atoms with Gasteiger partial charge in [0, 0.05) is 22.3 Å². The highest BCUT2D eigenvalue weighted by molar-refractivity contribution is 6.13. The van der Waals surface area contributed by atoms with Crippen molar-refractivity contribution in [1.29, 1.82) is 0 Å². The van der Waals surface area contributed by atoms with Crippen LogP contribution in [0.15, 0.2) is 120 Å². The van der Waals surface area contributed by atoms with E-state index < -0.39 is 0 Å². The van der Waals surface area contributed by atoms with Crippen molar-refractivity contribution in [1.82, 2.24) is 0 Å². The van der Waals surface area contributed by atoms with Crippen molar-refractivity contribution >= 4 is 11.6 Å². The van der Waals surface area contributed by atoms with Crippen LogP contribution in [0.1, 0.15) is 115 Å². The van der Waals surface area contributed by atoms with Crippen molar-refractivity contribution in [3.05, 3.63) is 165 Å². The van der Waals surface area contributed by atoms with E-state index >= 15 is 0 Å². The molecular weight excluding hydrogens is 633 g/mol. The highest BCUT2D eigenvalue weighted by atomic mass is 16.1. The second-order valence-corrected chi connectivity index (χ2v) is 12.7. The summed E-state index contributed by atoms with van der Waals surface area (Å²) >= 11 is 0. The van der Waals surface area contributed by atoms with Crippen LogP contribution in [0.2, 0.25) is 0 Å². The molecule has 1 aliphatic carbocycles. The Morgan fingerprint density at radius 3 is 1.29 bits per heavy atom. The molecule has 0 saturated carbocycles. The number of benzene rings is 5. The lowest BCUT2D eigenvalue weighted by Gasteiger charge is -2.16. The maximum Gasteiger partial charge on any atom is 0.193 e. The minimum absolute atomic E-state index is 0.0605. The monoisotopic (exact) mass is 690 g/mol. The van der Waals surface area contributed by atoms with Gasteiger partial charge in [-0.05, 0) is 133 Å². The Balaban J connectivity index is 0.00000116. The molecule has 0 fully saturated rings. The van der Waals surface area contributed by atoms with Gasteiger partial charge in [-0.2, -0.15) is 0 Å². The summed E-state index contributed by atoms with van der Waals surface area (Å²) in [7, 11) is 0. The fourth-order valence-corrected chi connectivity index (χ4v) is 6.59. The first-order chi connectivity index (χ1) is 25.1. The average Bonchev–Trinajstić information content (AvgIpc) is 3.17. The zero-order valence-corrected chi connectivity index (χ0v) is 33.6. The number of aryl methyl sites for hydroxylation is 5. The molecule has 2 nitrogen and oxygen atoms in total. The molecule has 0 heterocycles. The van der Waals surface area contributed by atoms with E-state index in [1.807, 2.05) is 106 Å². The van der Waals surface area contributed by atoms with Gasteiger partial charge >= 0.3 is 0 Å². The Morgan fingerprint density at radius 1 is 0.404 bits per heavy atom. The molecule has 0 bridgehead atoms.